The van der Waals surface area contributed by atoms with Gasteiger partial charge in [0.15, 0.2) is 0 Å². The normalized spacial score (nSPS) is 18.1. The first-order valence-electron chi connectivity index (χ1n) is 7.10. The van der Waals surface area contributed by atoms with Crippen molar-refractivity contribution >= 4 is 17.2 Å². The molecule has 1 aliphatic rings. The average molecular weight is 290 g/mol. The zero-order chi connectivity index (χ0) is 14.6. The third-order valence-corrected chi connectivity index (χ3v) is 4.75. The van der Waals surface area contributed by atoms with E-state index in [4.69, 9.17) is 5.73 Å². The van der Waals surface area contributed by atoms with Gasteiger partial charge in [0.05, 0.1) is 16.3 Å². The van der Waals surface area contributed by atoms with E-state index in [1.54, 1.807) is 0 Å². The summed E-state index contributed by atoms with van der Waals surface area (Å²) in [7, 11) is 0. The van der Waals surface area contributed by atoms with E-state index >= 15 is 0 Å². The lowest BCUT2D eigenvalue weighted by Crippen LogP contribution is -2.31. The van der Waals surface area contributed by atoms with E-state index in [2.05, 4.69) is 25.7 Å². The number of hydrogen-bond donors (Lipinski definition) is 1. The molecule has 1 aromatic heterocycles. The maximum absolute atomic E-state index is 12.5. The van der Waals surface area contributed by atoms with E-state index in [-0.39, 0.29) is 5.91 Å². The van der Waals surface area contributed by atoms with Gasteiger partial charge in [0.25, 0.3) is 5.91 Å². The lowest BCUT2D eigenvalue weighted by atomic mass is 9.85. The Labute approximate surface area is 125 Å². The molecule has 1 aromatic rings. The number of amides is 1. The predicted molar refractivity (Wildman–Crippen MR) is 83.8 cm³/mol. The van der Waals surface area contributed by atoms with Gasteiger partial charge in [-0.3, -0.25) is 4.79 Å². The van der Waals surface area contributed by atoms with Crippen molar-refractivity contribution in [3.8, 4) is 11.8 Å². The van der Waals surface area contributed by atoms with Crippen molar-refractivity contribution in [3.63, 3.8) is 0 Å². The van der Waals surface area contributed by atoms with Crippen LogP contribution in [0.4, 0.5) is 0 Å². The highest BCUT2D eigenvalue weighted by Crippen LogP contribution is 2.30. The molecule has 108 valence electrons. The molecule has 1 amide bonds. The van der Waals surface area contributed by atoms with Gasteiger partial charge in [-0.05, 0) is 36.8 Å². The highest BCUT2D eigenvalue weighted by atomic mass is 32.1. The molecule has 20 heavy (non-hydrogen) atoms. The molecule has 0 unspecified atom stereocenters. The Bertz CT molecular complexity index is 536. The lowest BCUT2D eigenvalue weighted by Gasteiger charge is -2.23. The molecule has 0 atom stereocenters. The quantitative estimate of drug-likeness (QED) is 0.808. The molecule has 2 heterocycles. The summed E-state index contributed by atoms with van der Waals surface area (Å²) in [5.74, 6) is 5.95. The minimum absolute atomic E-state index is 0.147. The van der Waals surface area contributed by atoms with E-state index < -0.39 is 0 Å². The number of rotatable bonds is 1. The van der Waals surface area contributed by atoms with E-state index in [1.165, 1.54) is 17.8 Å². The third-order valence-electron chi connectivity index (χ3n) is 3.76. The highest BCUT2D eigenvalue weighted by Gasteiger charge is 2.26. The monoisotopic (exact) mass is 290 g/mol. The number of thiophene rings is 1. The number of likely N-dealkylation sites (tertiary alicyclic amines) is 1. The summed E-state index contributed by atoms with van der Waals surface area (Å²) in [6.07, 6.45) is 3.35. The largest absolute Gasteiger partial charge is 0.338 e. The zero-order valence-electron chi connectivity index (χ0n) is 12.2. The van der Waals surface area contributed by atoms with Crippen LogP contribution in [0.5, 0.6) is 0 Å². The summed E-state index contributed by atoms with van der Waals surface area (Å²) in [6, 6.07) is 3.78. The first kappa shape index (κ1) is 15.1. The van der Waals surface area contributed by atoms with E-state index in [9.17, 15) is 4.79 Å². The molecule has 0 saturated carbocycles. The van der Waals surface area contributed by atoms with Crippen LogP contribution in [-0.2, 0) is 0 Å². The molecule has 3 nitrogen and oxygen atoms in total. The summed E-state index contributed by atoms with van der Waals surface area (Å²) in [4.78, 5) is 16.2. The summed E-state index contributed by atoms with van der Waals surface area (Å²) < 4.78 is 0. The van der Waals surface area contributed by atoms with Crippen LogP contribution in [-0.4, -0.2) is 30.4 Å². The molecule has 1 fully saturated rings. The van der Waals surface area contributed by atoms with Gasteiger partial charge in [-0.15, -0.1) is 11.3 Å². The van der Waals surface area contributed by atoms with Gasteiger partial charge in [0.1, 0.15) is 0 Å². The van der Waals surface area contributed by atoms with E-state index in [1.807, 2.05) is 17.0 Å². The summed E-state index contributed by atoms with van der Waals surface area (Å²) >= 11 is 1.46. The van der Waals surface area contributed by atoms with Crippen molar-refractivity contribution in [2.45, 2.75) is 33.1 Å². The van der Waals surface area contributed by atoms with Crippen LogP contribution >= 0.6 is 11.3 Å². The number of carbonyl (C=O) groups is 1. The molecule has 4 heteroatoms. The second kappa shape index (κ2) is 6.43. The fourth-order valence-corrected chi connectivity index (χ4v) is 3.29. The van der Waals surface area contributed by atoms with Gasteiger partial charge >= 0.3 is 0 Å². The van der Waals surface area contributed by atoms with Gasteiger partial charge < -0.3 is 10.6 Å². The van der Waals surface area contributed by atoms with Crippen LogP contribution in [0.1, 0.15) is 47.7 Å². The molecular formula is C16H22N2OS. The summed E-state index contributed by atoms with van der Waals surface area (Å²) in [5, 5.41) is 0. The Hall–Kier alpha value is -1.31. The standard InChI is InChI=1S/C16H22N2OS/c1-16(2)8-4-11-18(12-9-16)15(19)14-7-6-13(20-14)5-3-10-17/h6-7H,4,8-12,17H2,1-2H3. The molecule has 0 radical (unpaired) electrons. The molecule has 0 aliphatic carbocycles. The average Bonchev–Trinajstić information content (AvgIpc) is 2.80. The number of nitrogens with zero attached hydrogens (tertiary/aromatic N) is 1. The zero-order valence-corrected chi connectivity index (χ0v) is 13.1. The molecule has 2 N–H and O–H groups in total. The molecule has 1 saturated heterocycles. The first-order valence-corrected chi connectivity index (χ1v) is 7.91. The Balaban J connectivity index is 2.05. The maximum Gasteiger partial charge on any atom is 0.263 e. The topological polar surface area (TPSA) is 46.3 Å². The lowest BCUT2D eigenvalue weighted by molar-refractivity contribution is 0.0762. The van der Waals surface area contributed by atoms with Gasteiger partial charge in [-0.25, -0.2) is 0 Å². The molecule has 2 rings (SSSR count). The molecular weight excluding hydrogens is 268 g/mol. The van der Waals surface area contributed by atoms with Crippen LogP contribution in [0.25, 0.3) is 0 Å². The second-order valence-electron chi connectivity index (χ2n) is 5.98. The molecule has 0 spiro atoms. The highest BCUT2D eigenvalue weighted by molar-refractivity contribution is 7.14. The maximum atomic E-state index is 12.5. The van der Waals surface area contributed by atoms with Crippen molar-refractivity contribution in [2.75, 3.05) is 19.6 Å². The molecule has 0 bridgehead atoms. The fraction of sp³-hybridized carbons (Fsp3) is 0.562. The second-order valence-corrected chi connectivity index (χ2v) is 7.06. The number of carbonyl (C=O) groups excluding carboxylic acids is 1. The fourth-order valence-electron chi connectivity index (χ4n) is 2.44. The van der Waals surface area contributed by atoms with Crippen LogP contribution in [0, 0.1) is 17.3 Å². The Kier molecular flexibility index (Phi) is 4.85. The minimum atomic E-state index is 0.147. The Morgan fingerprint density at radius 1 is 1.40 bits per heavy atom. The van der Waals surface area contributed by atoms with E-state index in [0.29, 0.717) is 12.0 Å². The van der Waals surface area contributed by atoms with Crippen LogP contribution in [0.15, 0.2) is 12.1 Å². The number of hydrogen-bond acceptors (Lipinski definition) is 3. The van der Waals surface area contributed by atoms with Crippen molar-refractivity contribution in [1.82, 2.24) is 4.90 Å². The van der Waals surface area contributed by atoms with Crippen LogP contribution in [0.3, 0.4) is 0 Å². The van der Waals surface area contributed by atoms with Crippen molar-refractivity contribution in [3.05, 3.63) is 21.9 Å². The van der Waals surface area contributed by atoms with Gasteiger partial charge in [-0.2, -0.15) is 0 Å². The smallest absolute Gasteiger partial charge is 0.263 e. The van der Waals surface area contributed by atoms with Crippen LogP contribution in [0.2, 0.25) is 0 Å². The summed E-state index contributed by atoms with van der Waals surface area (Å²) in [5.41, 5.74) is 5.71. The van der Waals surface area contributed by atoms with Gasteiger partial charge in [-0.1, -0.05) is 25.7 Å². The number of nitrogens with two attached hydrogens (primary N) is 1. The van der Waals surface area contributed by atoms with Crippen molar-refractivity contribution < 1.29 is 4.79 Å². The van der Waals surface area contributed by atoms with Crippen LogP contribution < -0.4 is 5.73 Å². The van der Waals surface area contributed by atoms with Gasteiger partial charge in [0.2, 0.25) is 0 Å². The molecule has 1 aliphatic heterocycles. The summed E-state index contributed by atoms with van der Waals surface area (Å²) in [6.45, 7) is 6.64. The Morgan fingerprint density at radius 3 is 2.95 bits per heavy atom. The van der Waals surface area contributed by atoms with Crippen molar-refractivity contribution in [2.24, 2.45) is 11.1 Å². The minimum Gasteiger partial charge on any atom is -0.338 e. The SMILES string of the molecule is CC1(C)CCCN(C(=O)c2ccc(C#CCN)s2)CC1. The predicted octanol–water partition coefficient (Wildman–Crippen LogP) is 2.71. The van der Waals surface area contributed by atoms with Gasteiger partial charge in [0, 0.05) is 13.1 Å². The first-order chi connectivity index (χ1) is 9.52. The van der Waals surface area contributed by atoms with Crippen molar-refractivity contribution in [1.29, 1.82) is 0 Å². The Morgan fingerprint density at radius 2 is 2.20 bits per heavy atom. The third kappa shape index (κ3) is 3.84. The van der Waals surface area contributed by atoms with E-state index in [0.717, 1.165) is 35.7 Å². The molecule has 0 aromatic carbocycles.